The molecule has 0 aromatic heterocycles. The van der Waals surface area contributed by atoms with Crippen molar-refractivity contribution in [3.63, 3.8) is 0 Å². The van der Waals surface area contributed by atoms with E-state index in [1.165, 1.54) is 104 Å². The van der Waals surface area contributed by atoms with Crippen LogP contribution in [0.4, 0.5) is 22.7 Å². The Labute approximate surface area is 302 Å². The van der Waals surface area contributed by atoms with Crippen LogP contribution in [0, 0.1) is 0 Å². The monoisotopic (exact) mass is 660 g/mol. The van der Waals surface area contributed by atoms with Gasteiger partial charge >= 0.3 is 0 Å². The number of nitrogens with zero attached hydrogens (tertiary/aromatic N) is 2. The van der Waals surface area contributed by atoms with Gasteiger partial charge in [-0.2, -0.15) is 0 Å². The second-order valence-electron chi connectivity index (χ2n) is 16.9. The molecule has 51 heavy (non-hydrogen) atoms. The number of benzene rings is 6. The van der Waals surface area contributed by atoms with Crippen molar-refractivity contribution in [2.45, 2.75) is 81.7 Å². The van der Waals surface area contributed by atoms with Gasteiger partial charge in [0.2, 0.25) is 0 Å². The van der Waals surface area contributed by atoms with Crippen LogP contribution in [0.15, 0.2) is 133 Å². The zero-order valence-electron chi connectivity index (χ0n) is 30.1. The van der Waals surface area contributed by atoms with Crippen molar-refractivity contribution in [1.29, 1.82) is 0 Å². The minimum Gasteiger partial charge on any atom is -0.334 e. The smallest absolute Gasteiger partial charge is 0.0518 e. The van der Waals surface area contributed by atoms with Crippen LogP contribution in [-0.2, 0) is 17.3 Å². The number of hydrogen-bond donors (Lipinski definition) is 0. The van der Waals surface area contributed by atoms with Crippen LogP contribution in [0.25, 0.3) is 33.4 Å². The highest BCUT2D eigenvalue weighted by atomic mass is 15.3. The molecule has 5 aliphatic rings. The lowest BCUT2D eigenvalue weighted by atomic mass is 9.54. The fraction of sp³-hybridized carbons (Fsp3) is 0.265. The van der Waals surface area contributed by atoms with Gasteiger partial charge in [-0.15, -0.1) is 0 Å². The second-order valence-corrected chi connectivity index (χ2v) is 16.9. The molecule has 11 rings (SSSR count). The molecule has 6 aromatic rings. The van der Waals surface area contributed by atoms with Gasteiger partial charge in [0.25, 0.3) is 0 Å². The lowest BCUT2D eigenvalue weighted by Crippen LogP contribution is -2.60. The van der Waals surface area contributed by atoms with E-state index in [1.807, 2.05) is 0 Å². The van der Waals surface area contributed by atoms with E-state index in [0.29, 0.717) is 0 Å². The maximum atomic E-state index is 2.65. The summed E-state index contributed by atoms with van der Waals surface area (Å²) in [6, 6.07) is 50.9. The van der Waals surface area contributed by atoms with Gasteiger partial charge in [0.15, 0.2) is 0 Å². The summed E-state index contributed by atoms with van der Waals surface area (Å²) in [6.07, 6.45) is 5.87. The van der Waals surface area contributed by atoms with Gasteiger partial charge in [-0.3, -0.25) is 0 Å². The van der Waals surface area contributed by atoms with Crippen molar-refractivity contribution >= 4 is 22.7 Å². The van der Waals surface area contributed by atoms with Crippen molar-refractivity contribution in [2.75, 3.05) is 9.80 Å². The first-order valence-corrected chi connectivity index (χ1v) is 19.0. The predicted octanol–water partition coefficient (Wildman–Crippen LogP) is 12.5. The molecule has 2 heteroatoms. The third-order valence-electron chi connectivity index (χ3n) is 14.8. The van der Waals surface area contributed by atoms with Gasteiger partial charge in [-0.05, 0) is 156 Å². The average Bonchev–Trinajstić information content (AvgIpc) is 3.64. The molecule has 3 aliphatic carbocycles. The Morgan fingerprint density at radius 1 is 0.431 bits per heavy atom. The van der Waals surface area contributed by atoms with Crippen LogP contribution in [-0.4, -0.2) is 11.1 Å². The zero-order chi connectivity index (χ0) is 34.3. The minimum atomic E-state index is 0.0764. The van der Waals surface area contributed by atoms with Crippen LogP contribution in [0.5, 0.6) is 0 Å². The number of para-hydroxylation sites is 2. The van der Waals surface area contributed by atoms with Crippen LogP contribution >= 0.6 is 0 Å². The van der Waals surface area contributed by atoms with Crippen LogP contribution in [0.1, 0.15) is 75.6 Å². The van der Waals surface area contributed by atoms with Gasteiger partial charge in [0.05, 0.1) is 11.1 Å². The van der Waals surface area contributed by atoms with Crippen LogP contribution in [0.2, 0.25) is 0 Å². The van der Waals surface area contributed by atoms with E-state index in [0.717, 1.165) is 6.42 Å². The largest absolute Gasteiger partial charge is 0.334 e. The minimum absolute atomic E-state index is 0.0764. The van der Waals surface area contributed by atoms with E-state index in [2.05, 4.69) is 171 Å². The maximum absolute atomic E-state index is 2.65. The van der Waals surface area contributed by atoms with Gasteiger partial charge in [0.1, 0.15) is 0 Å². The number of anilines is 4. The molecule has 0 N–H and O–H groups in total. The molecule has 2 aliphatic heterocycles. The third-order valence-corrected chi connectivity index (χ3v) is 14.8. The van der Waals surface area contributed by atoms with Crippen molar-refractivity contribution in [2.24, 2.45) is 0 Å². The van der Waals surface area contributed by atoms with Crippen molar-refractivity contribution in [3.8, 4) is 33.4 Å². The fourth-order valence-corrected chi connectivity index (χ4v) is 11.2. The normalized spacial score (nSPS) is 27.5. The third kappa shape index (κ3) is 3.59. The molecule has 2 nitrogen and oxygen atoms in total. The van der Waals surface area contributed by atoms with E-state index in [4.69, 9.17) is 0 Å². The molecule has 0 saturated heterocycles. The highest BCUT2D eigenvalue weighted by Gasteiger charge is 2.64. The highest BCUT2D eigenvalue weighted by molar-refractivity contribution is 5.90. The molecule has 6 aromatic carbocycles. The highest BCUT2D eigenvalue weighted by Crippen LogP contribution is 2.67. The molecule has 2 saturated carbocycles. The first-order chi connectivity index (χ1) is 24.7. The molecule has 250 valence electrons. The Morgan fingerprint density at radius 2 is 0.980 bits per heavy atom. The Kier molecular flexibility index (Phi) is 5.71. The SMILES string of the molecule is CC12CCC1(C)N(c1ccccc1)c1ccc(-c3ccc4c(c3)-c3cc(-c5cccc6c5C5(C)CCC5(C)N6c5ccccc5)ccc3C4)cc12. The van der Waals surface area contributed by atoms with Crippen molar-refractivity contribution in [1.82, 2.24) is 0 Å². The van der Waals surface area contributed by atoms with Crippen LogP contribution < -0.4 is 9.80 Å². The first kappa shape index (κ1) is 29.6. The second kappa shape index (κ2) is 9.82. The predicted molar refractivity (Wildman–Crippen MR) is 213 cm³/mol. The van der Waals surface area contributed by atoms with Crippen molar-refractivity contribution in [3.05, 3.63) is 156 Å². The average molecular weight is 661 g/mol. The summed E-state index contributed by atoms with van der Waals surface area (Å²) in [5.74, 6) is 0. The molecule has 0 radical (unpaired) electrons. The van der Waals surface area contributed by atoms with Gasteiger partial charge in [-0.25, -0.2) is 0 Å². The summed E-state index contributed by atoms with van der Waals surface area (Å²) in [7, 11) is 0. The molecule has 2 heterocycles. The van der Waals surface area contributed by atoms with E-state index in [-0.39, 0.29) is 21.9 Å². The Balaban J connectivity index is 0.998. The van der Waals surface area contributed by atoms with Crippen molar-refractivity contribution < 1.29 is 0 Å². The molecule has 4 unspecified atom stereocenters. The Hall–Kier alpha value is -5.08. The molecular formula is C49H44N2. The number of rotatable bonds is 4. The van der Waals surface area contributed by atoms with E-state index in [9.17, 15) is 0 Å². The van der Waals surface area contributed by atoms with Gasteiger partial charge in [-0.1, -0.05) is 92.7 Å². The Bertz CT molecular complexity index is 2430. The molecule has 4 atom stereocenters. The number of hydrogen-bond acceptors (Lipinski definition) is 2. The first-order valence-electron chi connectivity index (χ1n) is 19.0. The molecule has 0 bridgehead atoms. The summed E-state index contributed by atoms with van der Waals surface area (Å²) in [6.45, 7) is 9.96. The van der Waals surface area contributed by atoms with E-state index in [1.54, 1.807) is 0 Å². The summed E-state index contributed by atoms with van der Waals surface area (Å²) in [5, 5.41) is 0. The molecular weight excluding hydrogens is 617 g/mol. The lowest BCUT2D eigenvalue weighted by Gasteiger charge is -2.56. The lowest BCUT2D eigenvalue weighted by molar-refractivity contribution is 0.133. The summed E-state index contributed by atoms with van der Waals surface area (Å²) in [4.78, 5) is 5.27. The maximum Gasteiger partial charge on any atom is 0.0518 e. The zero-order valence-corrected chi connectivity index (χ0v) is 30.1. The van der Waals surface area contributed by atoms with Gasteiger partial charge in [0, 0.05) is 33.6 Å². The van der Waals surface area contributed by atoms with Gasteiger partial charge < -0.3 is 9.80 Å². The summed E-state index contributed by atoms with van der Waals surface area (Å²) >= 11 is 0. The van der Waals surface area contributed by atoms with E-state index < -0.39 is 0 Å². The molecule has 2 fully saturated rings. The standard InChI is InChI=1S/C49H44N2/c1-46-24-26-48(46,3)50(37-12-7-5-8-13-37)43-23-22-33(31-42(43)46)32-18-19-34-28-35-20-21-36(30-41(35)40(34)29-32)39-16-11-17-44-45(39)47(2)25-27-49(47,4)51(44)38-14-9-6-10-15-38/h5-23,29-31H,24-28H2,1-4H3. The van der Waals surface area contributed by atoms with E-state index >= 15 is 0 Å². The van der Waals surface area contributed by atoms with Crippen LogP contribution in [0.3, 0.4) is 0 Å². The summed E-state index contributed by atoms with van der Waals surface area (Å²) in [5.41, 5.74) is 19.9. The fourth-order valence-electron chi connectivity index (χ4n) is 11.2. The molecule has 0 spiro atoms. The topological polar surface area (TPSA) is 6.48 Å². The quantitative estimate of drug-likeness (QED) is 0.185. The Morgan fingerprint density at radius 3 is 1.61 bits per heavy atom. The molecule has 0 amide bonds. The summed E-state index contributed by atoms with van der Waals surface area (Å²) < 4.78 is 0. The number of fused-ring (bicyclic) bond motifs is 9.